The van der Waals surface area contributed by atoms with E-state index < -0.39 is 23.9 Å². The molecule has 0 radical (unpaired) electrons. The molecule has 334 valence electrons. The van der Waals surface area contributed by atoms with Gasteiger partial charge in [-0.05, 0) is 91.9 Å². The lowest BCUT2D eigenvalue weighted by molar-refractivity contribution is -0.196. The summed E-state index contributed by atoms with van der Waals surface area (Å²) < 4.78 is 4.56. The molecule has 0 aliphatic rings. The number of hydroxylamine groups is 2. The molecule has 0 aromatic rings. The van der Waals surface area contributed by atoms with Crippen molar-refractivity contribution in [1.29, 1.82) is 0 Å². The molecule has 4 N–H and O–H groups in total. The molecule has 58 heavy (non-hydrogen) atoms. The van der Waals surface area contributed by atoms with Crippen molar-refractivity contribution in [3.8, 4) is 0 Å². The normalized spacial score (nSPS) is 12.7. The number of imide groups is 1. The SMILES string of the molecule is CCC/C=C(/CCSSC(C)(C)CCC(=O)O)NCCCCC(N/C(=C\CCC)CCSSC(C)(C)CCC(=O)OC)C(=O)NCCC(=O)ON(C=O)C(=O)CCC. The largest absolute Gasteiger partial charge is 0.481 e. The van der Waals surface area contributed by atoms with Gasteiger partial charge in [0.05, 0.1) is 13.5 Å². The molecular formula is C41H72N4O9S4. The van der Waals surface area contributed by atoms with Crippen molar-refractivity contribution in [2.45, 2.75) is 167 Å². The number of methoxy groups -OCH3 is 1. The smallest absolute Gasteiger partial charge is 0.334 e. The topological polar surface area (TPSA) is 180 Å². The lowest BCUT2D eigenvalue weighted by atomic mass is 10.1. The fourth-order valence-electron chi connectivity index (χ4n) is 5.07. The first kappa shape index (κ1) is 55.5. The molecule has 0 rings (SSSR count). The predicted molar refractivity (Wildman–Crippen MR) is 242 cm³/mol. The number of nitrogens with zero attached hydrogens (tertiary/aromatic N) is 1. The van der Waals surface area contributed by atoms with Gasteiger partial charge in [-0.25, -0.2) is 4.79 Å². The van der Waals surface area contributed by atoms with E-state index in [-0.39, 0.29) is 53.6 Å². The maximum Gasteiger partial charge on any atom is 0.334 e. The number of amides is 3. The van der Waals surface area contributed by atoms with Crippen molar-refractivity contribution >= 4 is 79.3 Å². The van der Waals surface area contributed by atoms with E-state index in [2.05, 4.69) is 69.6 Å². The van der Waals surface area contributed by atoms with Gasteiger partial charge in [-0.15, -0.1) is 5.06 Å². The number of ether oxygens (including phenoxy) is 1. The fraction of sp³-hybridized carbons (Fsp3) is 0.756. The van der Waals surface area contributed by atoms with Crippen LogP contribution in [-0.2, 0) is 38.3 Å². The van der Waals surface area contributed by atoms with E-state index >= 15 is 0 Å². The van der Waals surface area contributed by atoms with Gasteiger partial charge in [-0.2, -0.15) is 0 Å². The minimum atomic E-state index is -0.800. The molecule has 0 aliphatic heterocycles. The molecule has 1 atom stereocenters. The predicted octanol–water partition coefficient (Wildman–Crippen LogP) is 8.74. The van der Waals surface area contributed by atoms with Crippen LogP contribution in [0.2, 0.25) is 0 Å². The van der Waals surface area contributed by atoms with Crippen LogP contribution in [0, 0.1) is 0 Å². The Balaban J connectivity index is 5.52. The summed E-state index contributed by atoms with van der Waals surface area (Å²) in [5.41, 5.74) is 2.16. The Hall–Kier alpha value is -2.50. The van der Waals surface area contributed by atoms with Gasteiger partial charge in [0.1, 0.15) is 6.04 Å². The maximum absolute atomic E-state index is 13.6. The number of nitrogens with one attached hydrogen (secondary N) is 3. The van der Waals surface area contributed by atoms with Crippen molar-refractivity contribution in [3.63, 3.8) is 0 Å². The first-order chi connectivity index (χ1) is 27.5. The molecule has 3 amide bonds. The quantitative estimate of drug-likeness (QED) is 0.0156. The van der Waals surface area contributed by atoms with Gasteiger partial charge in [0.2, 0.25) is 5.91 Å². The minimum absolute atomic E-state index is 0.0220. The number of aliphatic carboxylic acids is 1. The number of carbonyl (C=O) groups is 6. The maximum atomic E-state index is 13.6. The molecule has 1 unspecified atom stereocenters. The van der Waals surface area contributed by atoms with Gasteiger partial charge in [-0.3, -0.25) is 24.0 Å². The van der Waals surface area contributed by atoms with Gasteiger partial charge < -0.3 is 30.6 Å². The molecule has 13 nitrogen and oxygen atoms in total. The summed E-state index contributed by atoms with van der Waals surface area (Å²) in [4.78, 5) is 76.9. The monoisotopic (exact) mass is 892 g/mol. The van der Waals surface area contributed by atoms with Gasteiger partial charge >= 0.3 is 17.9 Å². The third-order valence-electron chi connectivity index (χ3n) is 8.52. The average molecular weight is 893 g/mol. The van der Waals surface area contributed by atoms with E-state index in [0.29, 0.717) is 43.6 Å². The molecule has 0 aromatic carbocycles. The van der Waals surface area contributed by atoms with E-state index in [1.54, 1.807) is 50.1 Å². The number of carboxylic acids is 1. The first-order valence-electron chi connectivity index (χ1n) is 20.6. The van der Waals surface area contributed by atoms with Gasteiger partial charge in [-0.1, -0.05) is 88.9 Å². The number of esters is 1. The number of rotatable bonds is 35. The molecule has 0 fully saturated rings. The molecule has 0 saturated heterocycles. The average Bonchev–Trinajstić information content (AvgIpc) is 3.18. The number of carbonyl (C=O) groups excluding carboxylic acids is 5. The lowest BCUT2D eigenvalue weighted by Gasteiger charge is -2.24. The Labute approximate surface area is 364 Å². The standard InChI is InChI=1S/C41H72N4O9S4/c1-9-12-17-32(23-29-55-57-40(4,5)25-20-36(48)49)42-27-15-14-19-34(39(52)43-28-22-38(51)54-45(31-46)35(47)16-11-3)44-33(18-13-10-2)24-30-56-58-41(6,7)26-21-37(50)53-8/h17-18,31,34,42,44H,9-16,19-30H2,1-8H3,(H,43,52)(H,48,49)/b32-17-,33-18-. The Morgan fingerprint density at radius 2 is 1.31 bits per heavy atom. The van der Waals surface area contributed by atoms with E-state index in [0.717, 1.165) is 68.7 Å². The van der Waals surface area contributed by atoms with Crippen LogP contribution in [0.4, 0.5) is 0 Å². The number of carboxylic acid groups (broad SMARTS) is 1. The van der Waals surface area contributed by atoms with Gasteiger partial charge in [0.25, 0.3) is 12.3 Å². The van der Waals surface area contributed by atoms with Crippen LogP contribution in [0.5, 0.6) is 0 Å². The summed E-state index contributed by atoms with van der Waals surface area (Å²) in [6, 6.07) is -0.557. The van der Waals surface area contributed by atoms with E-state index in [1.165, 1.54) is 12.8 Å². The van der Waals surface area contributed by atoms with Crippen LogP contribution >= 0.6 is 43.2 Å². The van der Waals surface area contributed by atoms with Crippen molar-refractivity contribution in [2.24, 2.45) is 0 Å². The molecule has 0 heterocycles. The summed E-state index contributed by atoms with van der Waals surface area (Å²) >= 11 is 0. The molecular weight excluding hydrogens is 821 g/mol. The number of allylic oxidation sites excluding steroid dienone is 4. The van der Waals surface area contributed by atoms with Gasteiger partial charge in [0.15, 0.2) is 0 Å². The van der Waals surface area contributed by atoms with Crippen molar-refractivity contribution in [2.75, 3.05) is 31.7 Å². The highest BCUT2D eigenvalue weighted by atomic mass is 33.1. The fourth-order valence-corrected chi connectivity index (χ4v) is 10.3. The van der Waals surface area contributed by atoms with E-state index in [9.17, 15) is 28.8 Å². The summed E-state index contributed by atoms with van der Waals surface area (Å²) in [6.45, 7) is 15.1. The number of unbranched alkanes of at least 4 members (excludes halogenated alkanes) is 3. The summed E-state index contributed by atoms with van der Waals surface area (Å²) in [5, 5.41) is 19.4. The third-order valence-corrected chi connectivity index (χ3v) is 15.2. The Kier molecular flexibility index (Phi) is 31.8. The summed E-state index contributed by atoms with van der Waals surface area (Å²) in [7, 11) is 8.36. The van der Waals surface area contributed by atoms with Crippen LogP contribution in [0.3, 0.4) is 0 Å². The van der Waals surface area contributed by atoms with Crippen LogP contribution in [0.25, 0.3) is 0 Å². The highest BCUT2D eigenvalue weighted by molar-refractivity contribution is 8.77. The van der Waals surface area contributed by atoms with Crippen LogP contribution in [-0.4, -0.2) is 93.5 Å². The van der Waals surface area contributed by atoms with E-state index in [1.807, 2.05) is 0 Å². The zero-order valence-corrected chi connectivity index (χ0v) is 39.5. The minimum Gasteiger partial charge on any atom is -0.481 e. The lowest BCUT2D eigenvalue weighted by Crippen LogP contribution is -2.44. The number of hydrogen-bond acceptors (Lipinski definition) is 14. The Bertz CT molecular complexity index is 1300. The first-order valence-corrected chi connectivity index (χ1v) is 25.2. The third kappa shape index (κ3) is 29.7. The van der Waals surface area contributed by atoms with Gasteiger partial charge in [0, 0.05) is 64.7 Å². The second kappa shape index (κ2) is 33.2. The highest BCUT2D eigenvalue weighted by Gasteiger charge is 2.24. The second-order valence-electron chi connectivity index (χ2n) is 15.0. The zero-order valence-electron chi connectivity index (χ0n) is 36.2. The number of hydrogen-bond donors (Lipinski definition) is 4. The highest BCUT2D eigenvalue weighted by Crippen LogP contribution is 2.40. The molecule has 0 bridgehead atoms. The second-order valence-corrected chi connectivity index (χ2v) is 21.3. The summed E-state index contributed by atoms with van der Waals surface area (Å²) in [5.74, 6) is -0.957. The Morgan fingerprint density at radius 3 is 1.86 bits per heavy atom. The zero-order chi connectivity index (χ0) is 43.8. The van der Waals surface area contributed by atoms with Crippen molar-refractivity contribution < 1.29 is 43.4 Å². The Morgan fingerprint density at radius 1 is 0.724 bits per heavy atom. The van der Waals surface area contributed by atoms with E-state index in [4.69, 9.17) is 14.7 Å². The molecule has 0 aromatic heterocycles. The van der Waals surface area contributed by atoms with Crippen molar-refractivity contribution in [3.05, 3.63) is 23.5 Å². The molecule has 0 spiro atoms. The summed E-state index contributed by atoms with van der Waals surface area (Å²) in [6.07, 6.45) is 14.3. The molecule has 0 saturated carbocycles. The molecule has 0 aliphatic carbocycles. The van der Waals surface area contributed by atoms with Crippen LogP contribution in [0.1, 0.15) is 151 Å². The van der Waals surface area contributed by atoms with Crippen LogP contribution in [0.15, 0.2) is 23.5 Å². The van der Waals surface area contributed by atoms with Crippen LogP contribution < -0.4 is 16.0 Å². The van der Waals surface area contributed by atoms with Crippen molar-refractivity contribution in [1.82, 2.24) is 21.0 Å². The molecule has 17 heteroatoms.